The SMILES string of the molecule is C=CC.Cc1c(C)n(-c2cccc3c(N(C)c4ccccc4)cccc23)c2ccccc12. The smallest absolute Gasteiger partial charge is 0.0537 e. The summed E-state index contributed by atoms with van der Waals surface area (Å²) < 4.78 is 2.40. The van der Waals surface area contributed by atoms with E-state index in [1.54, 1.807) is 6.08 Å². The van der Waals surface area contributed by atoms with Gasteiger partial charge >= 0.3 is 0 Å². The molecule has 0 aliphatic heterocycles. The number of nitrogens with zero attached hydrogens (tertiary/aromatic N) is 2. The van der Waals surface area contributed by atoms with Crippen LogP contribution in [0.25, 0.3) is 27.4 Å². The molecule has 160 valence electrons. The number of hydrogen-bond acceptors (Lipinski definition) is 1. The molecule has 5 rings (SSSR count). The summed E-state index contributed by atoms with van der Waals surface area (Å²) >= 11 is 0. The normalized spacial score (nSPS) is 10.6. The van der Waals surface area contributed by atoms with Crippen molar-refractivity contribution in [3.63, 3.8) is 0 Å². The summed E-state index contributed by atoms with van der Waals surface area (Å²) in [7, 11) is 2.14. The summed E-state index contributed by atoms with van der Waals surface area (Å²) in [4.78, 5) is 2.26. The van der Waals surface area contributed by atoms with E-state index in [-0.39, 0.29) is 0 Å². The number of anilines is 2. The van der Waals surface area contributed by atoms with Crippen LogP contribution < -0.4 is 4.90 Å². The fourth-order valence-electron chi connectivity index (χ4n) is 4.39. The maximum absolute atomic E-state index is 3.36. The average molecular weight is 419 g/mol. The second kappa shape index (κ2) is 9.15. The minimum atomic E-state index is 1.18. The summed E-state index contributed by atoms with van der Waals surface area (Å²) in [5, 5.41) is 3.84. The minimum Gasteiger partial charge on any atom is -0.344 e. The van der Waals surface area contributed by atoms with Gasteiger partial charge in [0.1, 0.15) is 0 Å². The van der Waals surface area contributed by atoms with Gasteiger partial charge < -0.3 is 9.47 Å². The van der Waals surface area contributed by atoms with Crippen molar-refractivity contribution in [2.24, 2.45) is 0 Å². The van der Waals surface area contributed by atoms with Crippen molar-refractivity contribution in [1.29, 1.82) is 0 Å². The van der Waals surface area contributed by atoms with Crippen molar-refractivity contribution in [3.8, 4) is 5.69 Å². The summed E-state index contributed by atoms with van der Waals surface area (Å²) in [6.07, 6.45) is 1.75. The Morgan fingerprint density at radius 2 is 1.31 bits per heavy atom. The van der Waals surface area contributed by atoms with Gasteiger partial charge in [-0.05, 0) is 56.7 Å². The zero-order valence-electron chi connectivity index (χ0n) is 19.3. The van der Waals surface area contributed by atoms with Gasteiger partial charge in [0.05, 0.1) is 11.2 Å². The van der Waals surface area contributed by atoms with E-state index < -0.39 is 0 Å². The second-order valence-electron chi connectivity index (χ2n) is 8.02. The summed E-state index contributed by atoms with van der Waals surface area (Å²) in [6, 6.07) is 32.4. The highest BCUT2D eigenvalue weighted by molar-refractivity contribution is 6.02. The molecular formula is C30H30N2. The van der Waals surface area contributed by atoms with Crippen LogP contribution in [0.2, 0.25) is 0 Å². The van der Waals surface area contributed by atoms with Crippen LogP contribution in [0.15, 0.2) is 104 Å². The van der Waals surface area contributed by atoms with Crippen LogP contribution in [-0.2, 0) is 0 Å². The second-order valence-corrected chi connectivity index (χ2v) is 8.02. The van der Waals surface area contributed by atoms with E-state index in [9.17, 15) is 0 Å². The molecule has 0 N–H and O–H groups in total. The standard InChI is InChI=1S/C27H24N2.C3H6/c1-19-20(2)29(26-16-8-7-13-22(19)26)27-18-10-14-23-24(27)15-9-17-25(23)28(3)21-11-5-4-6-12-21;1-3-2/h4-18H,1-3H3;3H,1H2,2H3. The molecule has 4 aromatic carbocycles. The lowest BCUT2D eigenvalue weighted by molar-refractivity contribution is 1.05. The molecule has 0 bridgehead atoms. The third-order valence-corrected chi connectivity index (χ3v) is 6.05. The first-order chi connectivity index (χ1) is 15.6. The summed E-state index contributed by atoms with van der Waals surface area (Å²) in [5.74, 6) is 0. The first-order valence-electron chi connectivity index (χ1n) is 11.0. The van der Waals surface area contributed by atoms with E-state index in [4.69, 9.17) is 0 Å². The molecule has 5 aromatic rings. The van der Waals surface area contributed by atoms with Gasteiger partial charge in [-0.3, -0.25) is 0 Å². The molecule has 0 unspecified atom stereocenters. The topological polar surface area (TPSA) is 8.17 Å². The molecule has 0 radical (unpaired) electrons. The first-order valence-corrected chi connectivity index (χ1v) is 11.0. The van der Waals surface area contributed by atoms with Crippen molar-refractivity contribution < 1.29 is 0 Å². The quantitative estimate of drug-likeness (QED) is 0.267. The lowest BCUT2D eigenvalue weighted by Crippen LogP contribution is -2.10. The zero-order chi connectivity index (χ0) is 22.7. The predicted molar refractivity (Wildman–Crippen MR) is 141 cm³/mol. The Bertz CT molecular complexity index is 1380. The third kappa shape index (κ3) is 3.69. The van der Waals surface area contributed by atoms with E-state index in [0.717, 1.165) is 0 Å². The molecule has 1 heterocycles. The number of aromatic nitrogens is 1. The minimum absolute atomic E-state index is 1.18. The fraction of sp³-hybridized carbons (Fsp3) is 0.133. The fourth-order valence-corrected chi connectivity index (χ4v) is 4.39. The van der Waals surface area contributed by atoms with Crippen molar-refractivity contribution in [2.45, 2.75) is 20.8 Å². The molecule has 2 heteroatoms. The van der Waals surface area contributed by atoms with Crippen molar-refractivity contribution in [1.82, 2.24) is 4.57 Å². The number of fused-ring (bicyclic) bond motifs is 2. The Morgan fingerprint density at radius 1 is 0.719 bits per heavy atom. The van der Waals surface area contributed by atoms with E-state index >= 15 is 0 Å². The molecule has 0 aliphatic rings. The molecule has 0 saturated carbocycles. The van der Waals surface area contributed by atoms with E-state index in [1.165, 1.54) is 50.0 Å². The Kier molecular flexibility index (Phi) is 6.13. The Labute approximate surface area is 191 Å². The lowest BCUT2D eigenvalue weighted by atomic mass is 10.1. The molecule has 2 nitrogen and oxygen atoms in total. The molecular weight excluding hydrogens is 388 g/mol. The number of benzene rings is 4. The van der Waals surface area contributed by atoms with Crippen LogP contribution in [0.4, 0.5) is 11.4 Å². The van der Waals surface area contributed by atoms with Crippen LogP contribution in [0.5, 0.6) is 0 Å². The largest absolute Gasteiger partial charge is 0.344 e. The lowest BCUT2D eigenvalue weighted by Gasteiger charge is -2.22. The van der Waals surface area contributed by atoms with Crippen LogP contribution in [0.1, 0.15) is 18.2 Å². The third-order valence-electron chi connectivity index (χ3n) is 6.05. The van der Waals surface area contributed by atoms with Gasteiger partial charge in [0.15, 0.2) is 0 Å². The van der Waals surface area contributed by atoms with Crippen molar-refractivity contribution in [3.05, 3.63) is 115 Å². The molecule has 0 amide bonds. The zero-order valence-corrected chi connectivity index (χ0v) is 19.3. The number of rotatable bonds is 3. The van der Waals surface area contributed by atoms with Gasteiger partial charge in [0.25, 0.3) is 0 Å². The van der Waals surface area contributed by atoms with Gasteiger partial charge in [-0.1, -0.05) is 66.7 Å². The van der Waals surface area contributed by atoms with Crippen LogP contribution in [-0.4, -0.2) is 11.6 Å². The number of hydrogen-bond donors (Lipinski definition) is 0. The molecule has 0 atom stereocenters. The van der Waals surface area contributed by atoms with E-state index in [2.05, 4.69) is 128 Å². The van der Waals surface area contributed by atoms with Gasteiger partial charge in [-0.25, -0.2) is 0 Å². The van der Waals surface area contributed by atoms with E-state index in [0.29, 0.717) is 0 Å². The predicted octanol–water partition coefficient (Wildman–Crippen LogP) is 8.36. The molecule has 0 fully saturated rings. The number of para-hydroxylation sites is 2. The maximum Gasteiger partial charge on any atom is 0.0537 e. The van der Waals surface area contributed by atoms with Crippen LogP contribution in [0.3, 0.4) is 0 Å². The van der Waals surface area contributed by atoms with E-state index in [1.807, 2.05) is 6.92 Å². The van der Waals surface area contributed by atoms with Gasteiger partial charge in [-0.15, -0.1) is 6.58 Å². The Balaban J connectivity index is 0.000000775. The van der Waals surface area contributed by atoms with Gasteiger partial charge in [0, 0.05) is 40.3 Å². The van der Waals surface area contributed by atoms with Crippen molar-refractivity contribution in [2.75, 3.05) is 11.9 Å². The van der Waals surface area contributed by atoms with Crippen LogP contribution in [0, 0.1) is 13.8 Å². The molecule has 0 spiro atoms. The molecule has 0 saturated heterocycles. The number of aryl methyl sites for hydroxylation is 1. The maximum atomic E-state index is 3.36. The summed E-state index contributed by atoms with van der Waals surface area (Å²) in [6.45, 7) is 9.68. The van der Waals surface area contributed by atoms with Gasteiger partial charge in [0.2, 0.25) is 0 Å². The average Bonchev–Trinajstić information content (AvgIpc) is 3.09. The summed E-state index contributed by atoms with van der Waals surface area (Å²) in [5.41, 5.74) is 7.52. The van der Waals surface area contributed by atoms with Gasteiger partial charge in [-0.2, -0.15) is 0 Å². The highest BCUT2D eigenvalue weighted by Gasteiger charge is 2.15. The highest BCUT2D eigenvalue weighted by atomic mass is 15.1. The van der Waals surface area contributed by atoms with Crippen molar-refractivity contribution >= 4 is 33.1 Å². The molecule has 1 aromatic heterocycles. The highest BCUT2D eigenvalue weighted by Crippen LogP contribution is 2.36. The first kappa shape index (κ1) is 21.5. The Morgan fingerprint density at radius 3 is 2.06 bits per heavy atom. The van der Waals surface area contributed by atoms with Crippen LogP contribution >= 0.6 is 0 Å². The molecule has 0 aliphatic carbocycles. The monoisotopic (exact) mass is 418 g/mol. The molecule has 32 heavy (non-hydrogen) atoms. The number of allylic oxidation sites excluding steroid dienone is 1. The Hall–Kier alpha value is -3.78.